The van der Waals surface area contributed by atoms with Crippen molar-refractivity contribution in [1.82, 2.24) is 0 Å². The summed E-state index contributed by atoms with van der Waals surface area (Å²) in [6.45, 7) is 0. The van der Waals surface area contributed by atoms with Gasteiger partial charge in [-0.05, 0) is 24.5 Å². The summed E-state index contributed by atoms with van der Waals surface area (Å²) in [5.74, 6) is 0. The Hall–Kier alpha value is -1.02. The second-order valence-electron chi connectivity index (χ2n) is 2.59. The predicted octanol–water partition coefficient (Wildman–Crippen LogP) is 2.38. The SMILES string of the molecule is CSc1cccc2ccc[nH+]c12. The fourth-order valence-corrected chi connectivity index (χ4v) is 1.89. The van der Waals surface area contributed by atoms with E-state index in [0.717, 1.165) is 0 Å². The molecule has 1 heterocycles. The van der Waals surface area contributed by atoms with Crippen molar-refractivity contribution in [3.8, 4) is 0 Å². The average Bonchev–Trinajstić information content (AvgIpc) is 2.17. The van der Waals surface area contributed by atoms with Gasteiger partial charge in [-0.2, -0.15) is 0 Å². The van der Waals surface area contributed by atoms with E-state index in [9.17, 15) is 0 Å². The Balaban J connectivity index is 2.79. The van der Waals surface area contributed by atoms with Gasteiger partial charge in [-0.25, -0.2) is 4.98 Å². The molecule has 2 rings (SSSR count). The first-order valence-corrected chi connectivity index (χ1v) is 5.08. The van der Waals surface area contributed by atoms with E-state index >= 15 is 0 Å². The van der Waals surface area contributed by atoms with Crippen LogP contribution in [0, 0.1) is 0 Å². The molecule has 0 aliphatic rings. The highest BCUT2D eigenvalue weighted by molar-refractivity contribution is 7.98. The molecule has 0 aliphatic carbocycles. The Morgan fingerprint density at radius 1 is 1.17 bits per heavy atom. The summed E-state index contributed by atoms with van der Waals surface area (Å²) in [5.41, 5.74) is 1.23. The van der Waals surface area contributed by atoms with Crippen molar-refractivity contribution in [3.05, 3.63) is 36.5 Å². The molecule has 0 bridgehead atoms. The summed E-state index contributed by atoms with van der Waals surface area (Å²) in [5, 5.41) is 1.27. The van der Waals surface area contributed by atoms with Crippen LogP contribution < -0.4 is 4.98 Å². The third-order valence-electron chi connectivity index (χ3n) is 1.88. The van der Waals surface area contributed by atoms with Crippen LogP contribution in [0.4, 0.5) is 0 Å². The second-order valence-corrected chi connectivity index (χ2v) is 3.44. The molecule has 0 amide bonds. The van der Waals surface area contributed by atoms with Gasteiger partial charge >= 0.3 is 0 Å². The van der Waals surface area contributed by atoms with Gasteiger partial charge in [0.05, 0.1) is 4.90 Å². The van der Waals surface area contributed by atoms with Gasteiger partial charge < -0.3 is 0 Å². The fourth-order valence-electron chi connectivity index (χ4n) is 1.29. The van der Waals surface area contributed by atoms with Gasteiger partial charge in [-0.15, -0.1) is 11.8 Å². The zero-order valence-electron chi connectivity index (χ0n) is 6.87. The van der Waals surface area contributed by atoms with Gasteiger partial charge in [0.2, 0.25) is 5.52 Å². The van der Waals surface area contributed by atoms with Crippen molar-refractivity contribution >= 4 is 22.7 Å². The number of H-pyrrole nitrogens is 1. The molecule has 60 valence electrons. The molecule has 0 atom stereocenters. The van der Waals surface area contributed by atoms with E-state index in [1.165, 1.54) is 15.8 Å². The Kier molecular flexibility index (Phi) is 2.00. The molecule has 0 radical (unpaired) electrons. The molecule has 0 fully saturated rings. The highest BCUT2D eigenvalue weighted by atomic mass is 32.2. The number of aromatic amines is 1. The smallest absolute Gasteiger partial charge is 0.210 e. The number of fused-ring (bicyclic) bond motifs is 1. The molecule has 2 heteroatoms. The molecule has 0 saturated heterocycles. The minimum atomic E-state index is 1.23. The summed E-state index contributed by atoms with van der Waals surface area (Å²) in [7, 11) is 0. The van der Waals surface area contributed by atoms with Crippen LogP contribution in [-0.2, 0) is 0 Å². The summed E-state index contributed by atoms with van der Waals surface area (Å²) in [6, 6.07) is 10.5. The topological polar surface area (TPSA) is 14.1 Å². The maximum absolute atomic E-state index is 3.25. The van der Waals surface area contributed by atoms with Gasteiger partial charge in [0, 0.05) is 11.5 Å². The predicted molar refractivity (Wildman–Crippen MR) is 52.3 cm³/mol. The highest BCUT2D eigenvalue weighted by Crippen LogP contribution is 2.21. The first-order chi connectivity index (χ1) is 5.92. The van der Waals surface area contributed by atoms with Gasteiger partial charge in [-0.3, -0.25) is 0 Å². The molecular weight excluding hydrogens is 166 g/mol. The van der Waals surface area contributed by atoms with Crippen LogP contribution in [0.3, 0.4) is 0 Å². The van der Waals surface area contributed by atoms with Gasteiger partial charge in [-0.1, -0.05) is 6.07 Å². The number of rotatable bonds is 1. The number of benzene rings is 1. The quantitative estimate of drug-likeness (QED) is 0.608. The van der Waals surface area contributed by atoms with E-state index in [1.54, 1.807) is 11.8 Å². The fraction of sp³-hybridized carbons (Fsp3) is 0.100. The summed E-state index contributed by atoms with van der Waals surface area (Å²) in [4.78, 5) is 4.55. The van der Waals surface area contributed by atoms with E-state index in [4.69, 9.17) is 0 Å². The lowest BCUT2D eigenvalue weighted by Gasteiger charge is -1.95. The molecule has 0 spiro atoms. The molecule has 1 N–H and O–H groups in total. The minimum absolute atomic E-state index is 1.23. The number of pyridine rings is 1. The molecule has 1 aromatic heterocycles. The van der Waals surface area contributed by atoms with Gasteiger partial charge in [0.25, 0.3) is 0 Å². The average molecular weight is 176 g/mol. The largest absolute Gasteiger partial charge is 0.224 e. The third kappa shape index (κ3) is 1.18. The molecule has 12 heavy (non-hydrogen) atoms. The van der Waals surface area contributed by atoms with Crippen LogP contribution in [0.1, 0.15) is 0 Å². The van der Waals surface area contributed by atoms with Crippen molar-refractivity contribution in [2.45, 2.75) is 4.90 Å². The number of thioether (sulfide) groups is 1. The van der Waals surface area contributed by atoms with Crippen LogP contribution in [0.5, 0.6) is 0 Å². The standard InChI is InChI=1S/C10H9NS/c1-12-9-6-2-4-8-5-3-7-11-10(8)9/h2-7H,1H3/p+1. The van der Waals surface area contributed by atoms with Crippen molar-refractivity contribution < 1.29 is 4.98 Å². The van der Waals surface area contributed by atoms with E-state index in [0.29, 0.717) is 0 Å². The number of hydrogen-bond donors (Lipinski definition) is 0. The number of para-hydroxylation sites is 1. The summed E-state index contributed by atoms with van der Waals surface area (Å²) >= 11 is 1.77. The minimum Gasteiger partial charge on any atom is -0.210 e. The Morgan fingerprint density at radius 2 is 2.00 bits per heavy atom. The van der Waals surface area contributed by atoms with E-state index in [-0.39, 0.29) is 0 Å². The van der Waals surface area contributed by atoms with Crippen LogP contribution in [0.25, 0.3) is 10.9 Å². The zero-order chi connectivity index (χ0) is 8.39. The first kappa shape index (κ1) is 7.62. The van der Waals surface area contributed by atoms with Crippen LogP contribution in [0.15, 0.2) is 41.4 Å². The molecular formula is C10H10NS+. The van der Waals surface area contributed by atoms with Gasteiger partial charge in [0.1, 0.15) is 0 Å². The lowest BCUT2D eigenvalue weighted by molar-refractivity contribution is -0.346. The molecule has 2 aromatic rings. The molecule has 1 aromatic carbocycles. The second kappa shape index (κ2) is 3.15. The summed E-state index contributed by atoms with van der Waals surface area (Å²) < 4.78 is 0. The monoisotopic (exact) mass is 176 g/mol. The maximum atomic E-state index is 3.25. The molecule has 0 aliphatic heterocycles. The lowest BCUT2D eigenvalue weighted by atomic mass is 10.2. The van der Waals surface area contributed by atoms with Crippen molar-refractivity contribution in [2.24, 2.45) is 0 Å². The Morgan fingerprint density at radius 3 is 2.83 bits per heavy atom. The van der Waals surface area contributed by atoms with Gasteiger partial charge in [0.15, 0.2) is 6.20 Å². The Bertz CT molecular complexity index is 392. The van der Waals surface area contributed by atoms with Crippen molar-refractivity contribution in [3.63, 3.8) is 0 Å². The highest BCUT2D eigenvalue weighted by Gasteiger charge is 2.03. The maximum Gasteiger partial charge on any atom is 0.224 e. The van der Waals surface area contributed by atoms with Crippen LogP contribution in [0.2, 0.25) is 0 Å². The van der Waals surface area contributed by atoms with E-state index in [2.05, 4.69) is 35.5 Å². The van der Waals surface area contributed by atoms with Crippen LogP contribution >= 0.6 is 11.8 Å². The van der Waals surface area contributed by atoms with E-state index < -0.39 is 0 Å². The Labute approximate surface area is 75.8 Å². The lowest BCUT2D eigenvalue weighted by Crippen LogP contribution is -2.02. The molecule has 0 saturated carbocycles. The molecule has 1 nitrogen and oxygen atoms in total. The van der Waals surface area contributed by atoms with Crippen molar-refractivity contribution in [1.29, 1.82) is 0 Å². The molecule has 0 unspecified atom stereocenters. The van der Waals surface area contributed by atoms with Crippen LogP contribution in [-0.4, -0.2) is 6.26 Å². The van der Waals surface area contributed by atoms with E-state index in [1.807, 2.05) is 12.3 Å². The third-order valence-corrected chi connectivity index (χ3v) is 2.66. The first-order valence-electron chi connectivity index (χ1n) is 3.85. The zero-order valence-corrected chi connectivity index (χ0v) is 7.69. The number of hydrogen-bond acceptors (Lipinski definition) is 1. The number of nitrogens with one attached hydrogen (secondary N) is 1. The number of aromatic nitrogens is 1. The normalized spacial score (nSPS) is 10.4. The summed E-state index contributed by atoms with van der Waals surface area (Å²) in [6.07, 6.45) is 4.05. The van der Waals surface area contributed by atoms with Crippen molar-refractivity contribution in [2.75, 3.05) is 6.26 Å².